The first-order valence-corrected chi connectivity index (χ1v) is 5.15. The average Bonchev–Trinajstić information content (AvgIpc) is 2.63. The molecule has 0 aliphatic rings. The Bertz CT molecular complexity index is 457. The van der Waals surface area contributed by atoms with Crippen LogP contribution in [-0.2, 0) is 6.54 Å². The predicted molar refractivity (Wildman–Crippen MR) is 58.3 cm³/mol. The maximum absolute atomic E-state index is 5.09. The first kappa shape index (κ1) is 10.1. The van der Waals surface area contributed by atoms with Gasteiger partial charge in [-0.3, -0.25) is 0 Å². The Hall–Kier alpha value is -1.43. The first-order chi connectivity index (χ1) is 7.27. The Morgan fingerprint density at radius 3 is 3.00 bits per heavy atom. The van der Waals surface area contributed by atoms with Crippen molar-refractivity contribution in [1.82, 2.24) is 15.0 Å². The second kappa shape index (κ2) is 4.39. The minimum Gasteiger partial charge on any atom is -0.448 e. The van der Waals surface area contributed by atoms with E-state index in [0.29, 0.717) is 6.54 Å². The van der Waals surface area contributed by atoms with Gasteiger partial charge in [-0.05, 0) is 22.9 Å². The van der Waals surface area contributed by atoms with E-state index in [1.807, 2.05) is 6.92 Å². The molecule has 6 heteroatoms. The van der Waals surface area contributed by atoms with Crippen molar-refractivity contribution in [1.29, 1.82) is 0 Å². The summed E-state index contributed by atoms with van der Waals surface area (Å²) in [5.41, 5.74) is 0.875. The van der Waals surface area contributed by atoms with Crippen molar-refractivity contribution in [2.75, 3.05) is 5.32 Å². The van der Waals surface area contributed by atoms with Crippen LogP contribution in [0.5, 0.6) is 0 Å². The van der Waals surface area contributed by atoms with E-state index in [1.165, 1.54) is 12.7 Å². The first-order valence-electron chi connectivity index (χ1n) is 4.35. The average molecular weight is 269 g/mol. The van der Waals surface area contributed by atoms with Gasteiger partial charge in [0.25, 0.3) is 0 Å². The normalized spacial score (nSPS) is 10.3. The van der Waals surface area contributed by atoms with Gasteiger partial charge in [-0.15, -0.1) is 0 Å². The highest BCUT2D eigenvalue weighted by Crippen LogP contribution is 2.18. The van der Waals surface area contributed by atoms with E-state index in [2.05, 4.69) is 36.2 Å². The zero-order chi connectivity index (χ0) is 10.7. The van der Waals surface area contributed by atoms with E-state index in [9.17, 15) is 0 Å². The molecule has 1 N–H and O–H groups in total. The van der Waals surface area contributed by atoms with E-state index >= 15 is 0 Å². The molecule has 5 nitrogen and oxygen atoms in total. The van der Waals surface area contributed by atoms with Gasteiger partial charge in [0.05, 0.1) is 11.0 Å². The van der Waals surface area contributed by atoms with E-state index < -0.39 is 0 Å². The molecule has 0 atom stereocenters. The predicted octanol–water partition coefficient (Wildman–Crippen LogP) is 2.15. The third-order valence-electron chi connectivity index (χ3n) is 1.94. The zero-order valence-electron chi connectivity index (χ0n) is 8.07. The molecule has 78 valence electrons. The molecule has 0 saturated carbocycles. The monoisotopic (exact) mass is 268 g/mol. The molecule has 0 spiro atoms. The topological polar surface area (TPSA) is 63.8 Å². The molecule has 2 aromatic heterocycles. The molecule has 0 aliphatic heterocycles. The second-order valence-corrected chi connectivity index (χ2v) is 3.78. The van der Waals surface area contributed by atoms with Crippen molar-refractivity contribution < 1.29 is 4.42 Å². The lowest BCUT2D eigenvalue weighted by Gasteiger charge is -2.04. The minimum atomic E-state index is 0.581. The quantitative estimate of drug-likeness (QED) is 0.924. The fourth-order valence-corrected chi connectivity index (χ4v) is 1.47. The minimum absolute atomic E-state index is 0.581. The van der Waals surface area contributed by atoms with Crippen LogP contribution in [0.25, 0.3) is 0 Å². The number of rotatable bonds is 3. The Morgan fingerprint density at radius 2 is 2.33 bits per heavy atom. The maximum Gasteiger partial charge on any atom is 0.181 e. The van der Waals surface area contributed by atoms with Crippen LogP contribution < -0.4 is 5.32 Å². The summed E-state index contributed by atoms with van der Waals surface area (Å²) >= 11 is 3.35. The molecule has 0 bridgehead atoms. The Morgan fingerprint density at radius 1 is 1.47 bits per heavy atom. The Balaban J connectivity index is 2.06. The van der Waals surface area contributed by atoms with E-state index in [1.54, 1.807) is 6.20 Å². The third-order valence-corrected chi connectivity index (χ3v) is 2.52. The highest BCUT2D eigenvalue weighted by molar-refractivity contribution is 9.10. The smallest absolute Gasteiger partial charge is 0.181 e. The molecular weight excluding hydrogens is 260 g/mol. The van der Waals surface area contributed by atoms with E-state index in [-0.39, 0.29) is 0 Å². The highest BCUT2D eigenvalue weighted by Gasteiger charge is 2.04. The molecular formula is C9H9BrN4O. The Kier molecular flexibility index (Phi) is 2.96. The second-order valence-electron chi connectivity index (χ2n) is 2.93. The summed E-state index contributed by atoms with van der Waals surface area (Å²) in [7, 11) is 0. The SMILES string of the molecule is Cc1ocnc1CNc1ncncc1Br. The molecule has 0 radical (unpaired) electrons. The molecule has 2 rings (SSSR count). The Labute approximate surface area is 95.1 Å². The van der Waals surface area contributed by atoms with Crippen LogP contribution in [-0.4, -0.2) is 15.0 Å². The number of nitrogens with zero attached hydrogens (tertiary/aromatic N) is 3. The van der Waals surface area contributed by atoms with Gasteiger partial charge in [-0.2, -0.15) is 0 Å². The summed E-state index contributed by atoms with van der Waals surface area (Å²) < 4.78 is 5.91. The number of hydrogen-bond donors (Lipinski definition) is 1. The number of oxazole rings is 1. The fourth-order valence-electron chi connectivity index (χ4n) is 1.11. The van der Waals surface area contributed by atoms with Gasteiger partial charge in [0.1, 0.15) is 23.6 Å². The number of anilines is 1. The molecule has 0 amide bonds. The van der Waals surface area contributed by atoms with Crippen LogP contribution in [0, 0.1) is 6.92 Å². The van der Waals surface area contributed by atoms with Gasteiger partial charge in [-0.25, -0.2) is 15.0 Å². The van der Waals surface area contributed by atoms with Crippen molar-refractivity contribution >= 4 is 21.7 Å². The van der Waals surface area contributed by atoms with Crippen LogP contribution in [0.4, 0.5) is 5.82 Å². The number of hydrogen-bond acceptors (Lipinski definition) is 5. The summed E-state index contributed by atoms with van der Waals surface area (Å²) in [6.45, 7) is 2.46. The lowest BCUT2D eigenvalue weighted by Crippen LogP contribution is -2.03. The van der Waals surface area contributed by atoms with Crippen molar-refractivity contribution in [2.24, 2.45) is 0 Å². The third kappa shape index (κ3) is 2.33. The summed E-state index contributed by atoms with van der Waals surface area (Å²) in [6.07, 6.45) is 4.61. The molecule has 0 fully saturated rings. The number of halogens is 1. The van der Waals surface area contributed by atoms with Crippen LogP contribution in [0.1, 0.15) is 11.5 Å². The van der Waals surface area contributed by atoms with E-state index in [0.717, 1.165) is 21.7 Å². The summed E-state index contributed by atoms with van der Waals surface area (Å²) in [5.74, 6) is 1.56. The summed E-state index contributed by atoms with van der Waals surface area (Å²) in [4.78, 5) is 12.0. The van der Waals surface area contributed by atoms with Gasteiger partial charge >= 0.3 is 0 Å². The molecule has 0 unspecified atom stereocenters. The molecule has 0 aliphatic carbocycles. The van der Waals surface area contributed by atoms with Crippen LogP contribution in [0.2, 0.25) is 0 Å². The number of nitrogens with one attached hydrogen (secondary N) is 1. The molecule has 0 aromatic carbocycles. The molecule has 2 aromatic rings. The van der Waals surface area contributed by atoms with Gasteiger partial charge in [0.2, 0.25) is 0 Å². The van der Waals surface area contributed by atoms with Crippen LogP contribution in [0.15, 0.2) is 27.8 Å². The van der Waals surface area contributed by atoms with Gasteiger partial charge in [0.15, 0.2) is 6.39 Å². The standard InChI is InChI=1S/C9H9BrN4O/c1-6-8(14-5-15-6)3-12-9-7(10)2-11-4-13-9/h2,4-5H,3H2,1H3,(H,11,12,13). The molecule has 2 heterocycles. The van der Waals surface area contributed by atoms with Crippen molar-refractivity contribution in [2.45, 2.75) is 13.5 Å². The summed E-state index contributed by atoms with van der Waals surface area (Å²) in [5, 5.41) is 3.14. The van der Waals surface area contributed by atoms with Gasteiger partial charge in [0, 0.05) is 6.20 Å². The van der Waals surface area contributed by atoms with Crippen molar-refractivity contribution in [3.63, 3.8) is 0 Å². The lowest BCUT2D eigenvalue weighted by molar-refractivity contribution is 0.524. The van der Waals surface area contributed by atoms with E-state index in [4.69, 9.17) is 4.42 Å². The maximum atomic E-state index is 5.09. The largest absolute Gasteiger partial charge is 0.448 e. The zero-order valence-corrected chi connectivity index (χ0v) is 9.65. The molecule has 15 heavy (non-hydrogen) atoms. The van der Waals surface area contributed by atoms with Gasteiger partial charge in [-0.1, -0.05) is 0 Å². The van der Waals surface area contributed by atoms with Crippen molar-refractivity contribution in [3.8, 4) is 0 Å². The fraction of sp³-hybridized carbons (Fsp3) is 0.222. The van der Waals surface area contributed by atoms with Crippen LogP contribution in [0.3, 0.4) is 0 Å². The highest BCUT2D eigenvalue weighted by atomic mass is 79.9. The number of aromatic nitrogens is 3. The van der Waals surface area contributed by atoms with Crippen LogP contribution >= 0.6 is 15.9 Å². The molecule has 0 saturated heterocycles. The van der Waals surface area contributed by atoms with Crippen molar-refractivity contribution in [3.05, 3.63) is 34.8 Å². The summed E-state index contributed by atoms with van der Waals surface area (Å²) in [6, 6.07) is 0. The number of aryl methyl sites for hydroxylation is 1. The van der Waals surface area contributed by atoms with Gasteiger partial charge < -0.3 is 9.73 Å². The lowest BCUT2D eigenvalue weighted by atomic mass is 10.3.